The molecule has 0 radical (unpaired) electrons. The molecule has 3 heteroatoms. The van der Waals surface area contributed by atoms with Gasteiger partial charge >= 0.3 is 0 Å². The number of nitrogens with two attached hydrogens (primary N) is 1. The molecule has 3 N–H and O–H groups in total. The predicted octanol–water partition coefficient (Wildman–Crippen LogP) is 3.19. The lowest BCUT2D eigenvalue weighted by Crippen LogP contribution is -2.41. The number of carbonyl (C=O) groups is 1. The van der Waals surface area contributed by atoms with Crippen LogP contribution in [-0.2, 0) is 11.2 Å². The van der Waals surface area contributed by atoms with Crippen LogP contribution >= 0.6 is 0 Å². The van der Waals surface area contributed by atoms with Crippen LogP contribution in [0, 0.1) is 5.92 Å². The van der Waals surface area contributed by atoms with E-state index in [0.717, 1.165) is 24.8 Å². The fourth-order valence-corrected chi connectivity index (χ4v) is 2.26. The van der Waals surface area contributed by atoms with Gasteiger partial charge in [0.1, 0.15) is 0 Å². The van der Waals surface area contributed by atoms with Crippen LogP contribution in [0.3, 0.4) is 0 Å². The van der Waals surface area contributed by atoms with E-state index in [0.29, 0.717) is 5.92 Å². The van der Waals surface area contributed by atoms with E-state index < -0.39 is 6.04 Å². The lowest BCUT2D eigenvalue weighted by Gasteiger charge is -2.18. The van der Waals surface area contributed by atoms with Crippen molar-refractivity contribution in [2.75, 3.05) is 0 Å². The van der Waals surface area contributed by atoms with E-state index in [1.165, 1.54) is 5.56 Å². The molecule has 0 bridgehead atoms. The van der Waals surface area contributed by atoms with Crippen LogP contribution < -0.4 is 11.1 Å². The molecule has 1 aromatic carbocycles. The number of hydrogen-bond donors (Lipinski definition) is 2. The van der Waals surface area contributed by atoms with Gasteiger partial charge in [-0.3, -0.25) is 4.79 Å². The minimum Gasteiger partial charge on any atom is -0.348 e. The van der Waals surface area contributed by atoms with Crippen molar-refractivity contribution in [2.45, 2.75) is 59.0 Å². The topological polar surface area (TPSA) is 55.1 Å². The van der Waals surface area contributed by atoms with Crippen molar-refractivity contribution < 1.29 is 4.79 Å². The van der Waals surface area contributed by atoms with Crippen molar-refractivity contribution in [2.24, 2.45) is 11.7 Å². The van der Waals surface area contributed by atoms with Crippen molar-refractivity contribution in [3.8, 4) is 0 Å². The van der Waals surface area contributed by atoms with Crippen LogP contribution in [-0.4, -0.2) is 11.9 Å². The Morgan fingerprint density at radius 3 is 2.30 bits per heavy atom. The monoisotopic (exact) mass is 276 g/mol. The first kappa shape index (κ1) is 16.7. The molecule has 1 rings (SSSR count). The van der Waals surface area contributed by atoms with Crippen LogP contribution in [0.5, 0.6) is 0 Å². The Balaban J connectivity index is 2.59. The van der Waals surface area contributed by atoms with Crippen LogP contribution in [0.4, 0.5) is 0 Å². The van der Waals surface area contributed by atoms with Crippen molar-refractivity contribution in [1.29, 1.82) is 0 Å². The Morgan fingerprint density at radius 1 is 1.20 bits per heavy atom. The summed E-state index contributed by atoms with van der Waals surface area (Å²) in [5.74, 6) is 0.593. The molecule has 2 atom stereocenters. The van der Waals surface area contributed by atoms with E-state index in [1.807, 2.05) is 13.8 Å². The summed E-state index contributed by atoms with van der Waals surface area (Å²) in [5.41, 5.74) is 8.28. The molecule has 112 valence electrons. The molecule has 1 aromatic rings. The fraction of sp³-hybridized carbons (Fsp3) is 0.588. The second-order valence-corrected chi connectivity index (χ2v) is 5.96. The lowest BCUT2D eigenvalue weighted by atomic mass is 10.00. The van der Waals surface area contributed by atoms with Crippen molar-refractivity contribution in [1.82, 2.24) is 5.32 Å². The fourth-order valence-electron chi connectivity index (χ4n) is 2.26. The molecule has 0 aliphatic carbocycles. The molecule has 0 aliphatic rings. The Labute approximate surface area is 122 Å². The highest BCUT2D eigenvalue weighted by molar-refractivity contribution is 5.81. The molecular weight excluding hydrogens is 248 g/mol. The summed E-state index contributed by atoms with van der Waals surface area (Å²) in [6.07, 6.45) is 2.74. The molecule has 2 unspecified atom stereocenters. The van der Waals surface area contributed by atoms with Gasteiger partial charge in [0.15, 0.2) is 0 Å². The Kier molecular flexibility index (Phi) is 6.73. The number of rotatable bonds is 7. The highest BCUT2D eigenvalue weighted by Gasteiger charge is 2.15. The summed E-state index contributed by atoms with van der Waals surface area (Å²) >= 11 is 0. The van der Waals surface area contributed by atoms with Gasteiger partial charge in [-0.15, -0.1) is 0 Å². The second-order valence-electron chi connectivity index (χ2n) is 5.96. The largest absolute Gasteiger partial charge is 0.348 e. The van der Waals surface area contributed by atoms with Gasteiger partial charge in [0.25, 0.3) is 0 Å². The standard InChI is InChI=1S/C17H28N2O/c1-5-6-16(18)17(20)19-13(4)15-9-7-14(8-10-15)11-12(2)3/h7-10,12-13,16H,5-6,11,18H2,1-4H3,(H,19,20). The van der Waals surface area contributed by atoms with E-state index in [4.69, 9.17) is 5.73 Å². The van der Waals surface area contributed by atoms with Crippen LogP contribution in [0.15, 0.2) is 24.3 Å². The van der Waals surface area contributed by atoms with E-state index in [-0.39, 0.29) is 11.9 Å². The smallest absolute Gasteiger partial charge is 0.237 e. The van der Waals surface area contributed by atoms with Gasteiger partial charge in [-0.05, 0) is 36.8 Å². The number of amides is 1. The average Bonchev–Trinajstić information content (AvgIpc) is 2.39. The minimum atomic E-state index is -0.400. The summed E-state index contributed by atoms with van der Waals surface area (Å²) in [4.78, 5) is 11.9. The zero-order valence-electron chi connectivity index (χ0n) is 13.1. The predicted molar refractivity (Wildman–Crippen MR) is 84.4 cm³/mol. The molecule has 0 saturated carbocycles. The Hall–Kier alpha value is -1.35. The zero-order valence-corrected chi connectivity index (χ0v) is 13.1. The SMILES string of the molecule is CCCC(N)C(=O)NC(C)c1ccc(CC(C)C)cc1. The van der Waals surface area contributed by atoms with E-state index in [2.05, 4.69) is 43.4 Å². The molecule has 0 heterocycles. The van der Waals surface area contributed by atoms with Gasteiger partial charge in [-0.25, -0.2) is 0 Å². The first-order chi connectivity index (χ1) is 9.43. The summed E-state index contributed by atoms with van der Waals surface area (Å²) < 4.78 is 0. The molecular formula is C17H28N2O. The van der Waals surface area contributed by atoms with Gasteiger partial charge < -0.3 is 11.1 Å². The molecule has 0 spiro atoms. The highest BCUT2D eigenvalue weighted by atomic mass is 16.2. The third-order valence-electron chi connectivity index (χ3n) is 3.42. The number of hydrogen-bond acceptors (Lipinski definition) is 2. The number of benzene rings is 1. The maximum atomic E-state index is 11.9. The third-order valence-corrected chi connectivity index (χ3v) is 3.42. The molecule has 0 saturated heterocycles. The van der Waals surface area contributed by atoms with Gasteiger partial charge in [0, 0.05) is 0 Å². The molecule has 0 fully saturated rings. The number of nitrogens with one attached hydrogen (secondary N) is 1. The van der Waals surface area contributed by atoms with Crippen molar-refractivity contribution in [3.05, 3.63) is 35.4 Å². The Bertz CT molecular complexity index is 412. The molecule has 0 aliphatic heterocycles. The van der Waals surface area contributed by atoms with Gasteiger partial charge in [0.05, 0.1) is 12.1 Å². The molecule has 0 aromatic heterocycles. The van der Waals surface area contributed by atoms with Gasteiger partial charge in [0.2, 0.25) is 5.91 Å². The van der Waals surface area contributed by atoms with Crippen LogP contribution in [0.2, 0.25) is 0 Å². The summed E-state index contributed by atoms with van der Waals surface area (Å²) in [6.45, 7) is 8.45. The molecule has 1 amide bonds. The average molecular weight is 276 g/mol. The second kappa shape index (κ2) is 8.05. The van der Waals surface area contributed by atoms with Crippen molar-refractivity contribution >= 4 is 5.91 Å². The maximum absolute atomic E-state index is 11.9. The van der Waals surface area contributed by atoms with Crippen LogP contribution in [0.25, 0.3) is 0 Å². The minimum absolute atomic E-state index is 0.00138. The lowest BCUT2D eigenvalue weighted by molar-refractivity contribution is -0.123. The van der Waals surface area contributed by atoms with Gasteiger partial charge in [-0.2, -0.15) is 0 Å². The number of carbonyl (C=O) groups excluding carboxylic acids is 1. The molecule has 3 nitrogen and oxygen atoms in total. The zero-order chi connectivity index (χ0) is 15.1. The summed E-state index contributed by atoms with van der Waals surface area (Å²) in [6, 6.07) is 8.07. The summed E-state index contributed by atoms with van der Waals surface area (Å²) in [5, 5.41) is 2.98. The van der Waals surface area contributed by atoms with E-state index >= 15 is 0 Å². The quantitative estimate of drug-likeness (QED) is 0.803. The molecule has 20 heavy (non-hydrogen) atoms. The first-order valence-corrected chi connectivity index (χ1v) is 7.58. The highest BCUT2D eigenvalue weighted by Crippen LogP contribution is 2.15. The normalized spacial score (nSPS) is 14.1. The first-order valence-electron chi connectivity index (χ1n) is 7.58. The maximum Gasteiger partial charge on any atom is 0.237 e. The van der Waals surface area contributed by atoms with Gasteiger partial charge in [-0.1, -0.05) is 51.5 Å². The third kappa shape index (κ3) is 5.33. The summed E-state index contributed by atoms with van der Waals surface area (Å²) in [7, 11) is 0. The van der Waals surface area contributed by atoms with E-state index in [1.54, 1.807) is 0 Å². The Morgan fingerprint density at radius 2 is 1.80 bits per heavy atom. The van der Waals surface area contributed by atoms with Crippen molar-refractivity contribution in [3.63, 3.8) is 0 Å². The van der Waals surface area contributed by atoms with Crippen LogP contribution in [0.1, 0.15) is 57.7 Å². The van der Waals surface area contributed by atoms with E-state index in [9.17, 15) is 4.79 Å².